The summed E-state index contributed by atoms with van der Waals surface area (Å²) in [4.78, 5) is 0. The molecule has 0 heterocycles. The predicted octanol–water partition coefficient (Wildman–Crippen LogP) is 3.45. The first-order valence-corrected chi connectivity index (χ1v) is 7.16. The highest BCUT2D eigenvalue weighted by Crippen LogP contribution is 2.17. The number of hydrogen-bond acceptors (Lipinski definition) is 3. The number of rotatable bonds is 4. The smallest absolute Gasteiger partial charge is 0.191 e. The molecule has 6 heteroatoms. The Kier molecular flexibility index (Phi) is 5.54. The van der Waals surface area contributed by atoms with Crippen molar-refractivity contribution in [1.29, 1.82) is 0 Å². The topological polar surface area (TPSA) is 56.7 Å². The molecule has 0 aliphatic heterocycles. The molecule has 21 heavy (non-hydrogen) atoms. The van der Waals surface area contributed by atoms with E-state index in [0.29, 0.717) is 16.6 Å². The molecule has 3 N–H and O–H groups in total. The van der Waals surface area contributed by atoms with E-state index >= 15 is 0 Å². The second-order valence-corrected chi connectivity index (χ2v) is 4.89. The molecule has 0 aliphatic rings. The van der Waals surface area contributed by atoms with Crippen molar-refractivity contribution in [3.63, 3.8) is 0 Å². The predicted molar refractivity (Wildman–Crippen MR) is 91.1 cm³/mol. The molecule has 0 saturated heterocycles. The lowest BCUT2D eigenvalue weighted by Crippen LogP contribution is -2.23. The maximum Gasteiger partial charge on any atom is 0.191 e. The molecule has 0 aliphatic carbocycles. The number of nitrogens with zero attached hydrogens (tertiary/aromatic N) is 1. The molecule has 2 aromatic rings. The summed E-state index contributed by atoms with van der Waals surface area (Å²) in [6, 6.07) is 14.6. The largest absolute Gasteiger partial charge is 0.507 e. The minimum absolute atomic E-state index is 0.136. The number of thiocarbonyl (C=S) groups is 1. The summed E-state index contributed by atoms with van der Waals surface area (Å²) in [5, 5.41) is 17.1. The Bertz CT molecular complexity index is 647. The lowest BCUT2D eigenvalue weighted by Gasteiger charge is -2.06. The number of phenols is 1. The van der Waals surface area contributed by atoms with Gasteiger partial charge >= 0.3 is 0 Å². The third-order valence-electron chi connectivity index (χ3n) is 2.65. The Hall–Kier alpha value is -2.11. The number of anilines is 1. The molecule has 4 nitrogen and oxygen atoms in total. The van der Waals surface area contributed by atoms with E-state index in [-0.39, 0.29) is 5.75 Å². The molecule has 0 saturated carbocycles. The highest BCUT2D eigenvalue weighted by Gasteiger charge is 2.00. The van der Waals surface area contributed by atoms with Crippen LogP contribution >= 0.6 is 23.8 Å². The molecule has 0 amide bonds. The number of hydrazone groups is 1. The van der Waals surface area contributed by atoms with Crippen LogP contribution in [0.25, 0.3) is 0 Å². The van der Waals surface area contributed by atoms with Crippen molar-refractivity contribution in [2.45, 2.75) is 5.88 Å². The molecule has 2 rings (SSSR count). The number of benzene rings is 2. The van der Waals surface area contributed by atoms with E-state index in [1.807, 2.05) is 30.3 Å². The van der Waals surface area contributed by atoms with Crippen molar-refractivity contribution in [2.75, 3.05) is 5.32 Å². The zero-order valence-electron chi connectivity index (χ0n) is 11.1. The normalized spacial score (nSPS) is 10.5. The van der Waals surface area contributed by atoms with Crippen LogP contribution in [-0.2, 0) is 5.88 Å². The molecule has 0 aromatic heterocycles. The van der Waals surface area contributed by atoms with E-state index in [0.717, 1.165) is 11.3 Å². The summed E-state index contributed by atoms with van der Waals surface area (Å²) in [5.41, 5.74) is 5.04. The molecule has 0 fully saturated rings. The summed E-state index contributed by atoms with van der Waals surface area (Å²) in [6.07, 6.45) is 1.49. The molecule has 0 radical (unpaired) electrons. The van der Waals surface area contributed by atoms with Gasteiger partial charge in [-0.15, -0.1) is 11.6 Å². The first-order chi connectivity index (χ1) is 10.2. The van der Waals surface area contributed by atoms with Gasteiger partial charge in [0, 0.05) is 17.1 Å². The van der Waals surface area contributed by atoms with Crippen molar-refractivity contribution in [3.8, 4) is 5.75 Å². The average Bonchev–Trinajstić information content (AvgIpc) is 2.50. The van der Waals surface area contributed by atoms with Crippen molar-refractivity contribution in [2.24, 2.45) is 5.10 Å². The number of alkyl halides is 1. The molecule has 0 unspecified atom stereocenters. The number of hydrogen-bond donors (Lipinski definition) is 3. The van der Waals surface area contributed by atoms with Crippen LogP contribution in [0.5, 0.6) is 5.75 Å². The van der Waals surface area contributed by atoms with Crippen LogP contribution in [0.3, 0.4) is 0 Å². The summed E-state index contributed by atoms with van der Waals surface area (Å²) >= 11 is 10.9. The minimum Gasteiger partial charge on any atom is -0.507 e. The molecule has 108 valence electrons. The summed E-state index contributed by atoms with van der Waals surface area (Å²) in [5.74, 6) is 0.513. The Labute approximate surface area is 133 Å². The Morgan fingerprint density at radius 2 is 2.00 bits per heavy atom. The first-order valence-electron chi connectivity index (χ1n) is 6.22. The van der Waals surface area contributed by atoms with E-state index < -0.39 is 0 Å². The number of nitrogens with one attached hydrogen (secondary N) is 2. The number of phenolic OH excluding ortho intramolecular Hbond substituents is 1. The van der Waals surface area contributed by atoms with Gasteiger partial charge in [0.15, 0.2) is 5.11 Å². The summed E-state index contributed by atoms with van der Waals surface area (Å²) in [7, 11) is 0. The van der Waals surface area contributed by atoms with Gasteiger partial charge < -0.3 is 10.4 Å². The van der Waals surface area contributed by atoms with Crippen LogP contribution in [0.2, 0.25) is 0 Å². The first kappa shape index (κ1) is 15.3. The average molecular weight is 320 g/mol. The van der Waals surface area contributed by atoms with Crippen LogP contribution in [0.4, 0.5) is 5.69 Å². The third kappa shape index (κ3) is 4.73. The van der Waals surface area contributed by atoms with Crippen molar-refractivity contribution >= 4 is 40.8 Å². The third-order valence-corrected chi connectivity index (χ3v) is 3.15. The Balaban J connectivity index is 1.94. The van der Waals surface area contributed by atoms with Crippen LogP contribution in [-0.4, -0.2) is 16.4 Å². The summed E-state index contributed by atoms with van der Waals surface area (Å²) < 4.78 is 0. The van der Waals surface area contributed by atoms with Gasteiger partial charge in [-0.3, -0.25) is 5.43 Å². The van der Waals surface area contributed by atoms with Crippen LogP contribution in [0.15, 0.2) is 53.6 Å². The van der Waals surface area contributed by atoms with E-state index in [1.54, 1.807) is 18.2 Å². The molecular weight excluding hydrogens is 306 g/mol. The minimum atomic E-state index is 0.136. The molecular formula is C15H14ClN3OS. The van der Waals surface area contributed by atoms with Crippen LogP contribution in [0.1, 0.15) is 11.1 Å². The van der Waals surface area contributed by atoms with Crippen LogP contribution in [0, 0.1) is 0 Å². The maximum atomic E-state index is 9.72. The lowest BCUT2D eigenvalue weighted by atomic mass is 10.1. The van der Waals surface area contributed by atoms with Gasteiger partial charge in [0.05, 0.1) is 6.21 Å². The van der Waals surface area contributed by atoms with Gasteiger partial charge in [0.1, 0.15) is 5.75 Å². The molecule has 2 aromatic carbocycles. The van der Waals surface area contributed by atoms with Crippen molar-refractivity contribution in [1.82, 2.24) is 5.43 Å². The maximum absolute atomic E-state index is 9.72. The van der Waals surface area contributed by atoms with E-state index in [9.17, 15) is 5.11 Å². The lowest BCUT2D eigenvalue weighted by molar-refractivity contribution is 0.474. The van der Waals surface area contributed by atoms with Gasteiger partial charge in [-0.25, -0.2) is 0 Å². The van der Waals surface area contributed by atoms with E-state index in [2.05, 4.69) is 15.8 Å². The van der Waals surface area contributed by atoms with Crippen molar-refractivity contribution in [3.05, 3.63) is 59.7 Å². The number of para-hydroxylation sites is 1. The SMILES string of the molecule is Oc1ccc(CCl)cc1C=NNC(=S)Nc1ccccc1. The van der Waals surface area contributed by atoms with Gasteiger partial charge in [0.25, 0.3) is 0 Å². The quantitative estimate of drug-likeness (QED) is 0.350. The van der Waals surface area contributed by atoms with E-state index in [4.69, 9.17) is 23.8 Å². The Morgan fingerprint density at radius 3 is 2.71 bits per heavy atom. The number of halogens is 1. The van der Waals surface area contributed by atoms with Gasteiger partial charge in [-0.1, -0.05) is 24.3 Å². The van der Waals surface area contributed by atoms with Crippen molar-refractivity contribution < 1.29 is 5.11 Å². The fourth-order valence-corrected chi connectivity index (χ4v) is 1.97. The second-order valence-electron chi connectivity index (χ2n) is 4.22. The Morgan fingerprint density at radius 1 is 1.24 bits per heavy atom. The van der Waals surface area contributed by atoms with Crippen LogP contribution < -0.4 is 10.7 Å². The van der Waals surface area contributed by atoms with E-state index in [1.165, 1.54) is 6.21 Å². The monoisotopic (exact) mass is 319 g/mol. The summed E-state index contributed by atoms with van der Waals surface area (Å²) in [6.45, 7) is 0. The highest BCUT2D eigenvalue weighted by atomic mass is 35.5. The molecule has 0 bridgehead atoms. The molecule has 0 atom stereocenters. The molecule has 0 spiro atoms. The second kappa shape index (κ2) is 7.61. The highest BCUT2D eigenvalue weighted by molar-refractivity contribution is 7.80. The zero-order valence-corrected chi connectivity index (χ0v) is 12.7. The van der Waals surface area contributed by atoms with Gasteiger partial charge in [-0.05, 0) is 42.0 Å². The van der Waals surface area contributed by atoms with Gasteiger partial charge in [-0.2, -0.15) is 5.10 Å². The number of aromatic hydroxyl groups is 1. The van der Waals surface area contributed by atoms with Gasteiger partial charge in [0.2, 0.25) is 0 Å². The zero-order chi connectivity index (χ0) is 15.1. The fraction of sp³-hybridized carbons (Fsp3) is 0.0667. The fourth-order valence-electron chi connectivity index (χ4n) is 1.63. The standard InChI is InChI=1S/C15H14ClN3OS/c16-9-11-6-7-14(20)12(8-11)10-17-19-15(21)18-13-4-2-1-3-5-13/h1-8,10,20H,9H2,(H2,18,19,21).